The predicted octanol–water partition coefficient (Wildman–Crippen LogP) is 2.92. The van der Waals surface area contributed by atoms with Crippen LogP contribution >= 0.6 is 11.6 Å². The second kappa shape index (κ2) is 5.40. The van der Waals surface area contributed by atoms with Gasteiger partial charge in [-0.05, 0) is 20.8 Å². The number of ether oxygens (including phenoxy) is 1. The third-order valence-electron chi connectivity index (χ3n) is 1.83. The zero-order valence-corrected chi connectivity index (χ0v) is 11.2. The van der Waals surface area contributed by atoms with Crippen LogP contribution in [0.4, 0.5) is 14.9 Å². The third kappa shape index (κ3) is 4.06. The monoisotopic (exact) mass is 290 g/mol. The topological polar surface area (TPSA) is 88.5 Å². The van der Waals surface area contributed by atoms with Crippen molar-refractivity contribution < 1.29 is 23.8 Å². The first-order chi connectivity index (χ1) is 8.61. The van der Waals surface area contributed by atoms with E-state index in [0.717, 1.165) is 6.20 Å². The highest BCUT2D eigenvalue weighted by atomic mass is 35.5. The van der Waals surface area contributed by atoms with Crippen molar-refractivity contribution in [2.75, 3.05) is 5.32 Å². The Balaban J connectivity index is 3.09. The van der Waals surface area contributed by atoms with Crippen molar-refractivity contribution in [1.82, 2.24) is 4.98 Å². The molecular weight excluding hydrogens is 279 g/mol. The smallest absolute Gasteiger partial charge is 0.412 e. The van der Waals surface area contributed by atoms with Gasteiger partial charge in [0.05, 0.1) is 5.69 Å². The number of nitrogens with zero attached hydrogens (tertiary/aromatic N) is 1. The van der Waals surface area contributed by atoms with Crippen LogP contribution < -0.4 is 5.32 Å². The predicted molar refractivity (Wildman–Crippen MR) is 66.0 cm³/mol. The molecule has 0 aliphatic carbocycles. The number of amides is 1. The quantitative estimate of drug-likeness (QED) is 0.818. The van der Waals surface area contributed by atoms with Gasteiger partial charge in [-0.25, -0.2) is 19.0 Å². The van der Waals surface area contributed by atoms with E-state index in [1.165, 1.54) is 0 Å². The van der Waals surface area contributed by atoms with Gasteiger partial charge in [0.1, 0.15) is 11.2 Å². The van der Waals surface area contributed by atoms with Crippen molar-refractivity contribution >= 4 is 29.4 Å². The molecule has 1 aromatic rings. The number of hydrogen-bond donors (Lipinski definition) is 2. The van der Waals surface area contributed by atoms with Gasteiger partial charge in [-0.3, -0.25) is 5.32 Å². The van der Waals surface area contributed by atoms with Gasteiger partial charge in [0.25, 0.3) is 0 Å². The molecule has 0 aromatic carbocycles. The number of carboxylic acids is 1. The summed E-state index contributed by atoms with van der Waals surface area (Å²) < 4.78 is 18.6. The van der Waals surface area contributed by atoms with E-state index >= 15 is 0 Å². The Morgan fingerprint density at radius 1 is 1.47 bits per heavy atom. The third-order valence-corrected chi connectivity index (χ3v) is 2.10. The molecule has 0 fully saturated rings. The number of carbonyl (C=O) groups is 2. The minimum Gasteiger partial charge on any atom is -0.478 e. The second-order valence-corrected chi connectivity index (χ2v) is 4.94. The summed E-state index contributed by atoms with van der Waals surface area (Å²) in [5.74, 6) is -2.58. The van der Waals surface area contributed by atoms with Crippen LogP contribution in [0.25, 0.3) is 0 Å². The van der Waals surface area contributed by atoms with E-state index < -0.39 is 39.9 Å². The summed E-state index contributed by atoms with van der Waals surface area (Å²) >= 11 is 5.44. The molecule has 1 heterocycles. The summed E-state index contributed by atoms with van der Waals surface area (Å²) in [4.78, 5) is 25.8. The number of pyridine rings is 1. The molecule has 0 saturated carbocycles. The van der Waals surface area contributed by atoms with Crippen molar-refractivity contribution in [3.63, 3.8) is 0 Å². The number of carbonyl (C=O) groups excluding carboxylic acids is 1. The maximum Gasteiger partial charge on any atom is 0.412 e. The molecule has 0 aliphatic rings. The molecule has 1 aromatic heterocycles. The molecule has 1 amide bonds. The van der Waals surface area contributed by atoms with Crippen LogP contribution in [0.5, 0.6) is 0 Å². The summed E-state index contributed by atoms with van der Waals surface area (Å²) in [5, 5.41) is 10.4. The molecule has 1 rings (SSSR count). The van der Waals surface area contributed by atoms with Gasteiger partial charge in [-0.1, -0.05) is 11.6 Å². The SMILES string of the molecule is CC(C)(C)OC(=O)Nc1c(C(=O)O)cnc(Cl)c1F. The Labute approximate surface area is 113 Å². The minimum atomic E-state index is -1.45. The number of aromatic carboxylic acids is 1. The fraction of sp³-hybridized carbons (Fsp3) is 0.364. The Bertz CT molecular complexity index is 528. The summed E-state index contributed by atoms with van der Waals surface area (Å²) in [7, 11) is 0. The zero-order valence-electron chi connectivity index (χ0n) is 10.5. The molecule has 6 nitrogen and oxygen atoms in total. The summed E-state index contributed by atoms with van der Waals surface area (Å²) in [6.07, 6.45) is -0.142. The lowest BCUT2D eigenvalue weighted by molar-refractivity contribution is 0.0635. The molecule has 0 radical (unpaired) electrons. The first kappa shape index (κ1) is 15.2. The lowest BCUT2D eigenvalue weighted by atomic mass is 10.2. The van der Waals surface area contributed by atoms with Gasteiger partial charge in [-0.2, -0.15) is 0 Å². The zero-order chi connectivity index (χ0) is 14.8. The van der Waals surface area contributed by atoms with Gasteiger partial charge in [0.2, 0.25) is 0 Å². The molecule has 0 bridgehead atoms. The highest BCUT2D eigenvalue weighted by Gasteiger charge is 2.23. The van der Waals surface area contributed by atoms with Crippen LogP contribution in [0.1, 0.15) is 31.1 Å². The first-order valence-electron chi connectivity index (χ1n) is 5.19. The molecule has 0 saturated heterocycles. The standard InChI is InChI=1S/C11H12ClFN2O4/c1-11(2,3)19-10(18)15-7-5(9(16)17)4-14-8(12)6(7)13/h4H,1-3H3,(H,16,17)(H,14,15,18). The van der Waals surface area contributed by atoms with Gasteiger partial charge in [-0.15, -0.1) is 0 Å². The van der Waals surface area contributed by atoms with E-state index in [1.807, 2.05) is 5.32 Å². The summed E-state index contributed by atoms with van der Waals surface area (Å²) in [5.41, 5.74) is -1.91. The van der Waals surface area contributed by atoms with Gasteiger partial charge in [0.15, 0.2) is 11.0 Å². The maximum atomic E-state index is 13.7. The van der Waals surface area contributed by atoms with Gasteiger partial charge < -0.3 is 9.84 Å². The number of nitrogens with one attached hydrogen (secondary N) is 1. The number of halogens is 2. The van der Waals surface area contributed by atoms with Crippen molar-refractivity contribution in [2.45, 2.75) is 26.4 Å². The molecule has 0 atom stereocenters. The average molecular weight is 291 g/mol. The molecule has 0 unspecified atom stereocenters. The molecule has 0 spiro atoms. The fourth-order valence-electron chi connectivity index (χ4n) is 1.15. The minimum absolute atomic E-state index is 0.521. The van der Waals surface area contributed by atoms with Gasteiger partial charge >= 0.3 is 12.1 Å². The van der Waals surface area contributed by atoms with Crippen LogP contribution in [-0.2, 0) is 4.74 Å². The average Bonchev–Trinajstić information content (AvgIpc) is 2.21. The summed E-state index contributed by atoms with van der Waals surface area (Å²) in [6, 6.07) is 0. The highest BCUT2D eigenvalue weighted by molar-refractivity contribution is 6.30. The first-order valence-corrected chi connectivity index (χ1v) is 5.57. The molecule has 19 heavy (non-hydrogen) atoms. The van der Waals surface area contributed by atoms with E-state index in [4.69, 9.17) is 21.4 Å². The van der Waals surface area contributed by atoms with E-state index in [0.29, 0.717) is 0 Å². The number of rotatable bonds is 2. The van der Waals surface area contributed by atoms with Crippen LogP contribution in [-0.4, -0.2) is 27.8 Å². The van der Waals surface area contributed by atoms with Crippen LogP contribution in [0, 0.1) is 5.82 Å². The van der Waals surface area contributed by atoms with E-state index in [9.17, 15) is 14.0 Å². The molecule has 2 N–H and O–H groups in total. The van der Waals surface area contributed by atoms with E-state index in [1.54, 1.807) is 20.8 Å². The lowest BCUT2D eigenvalue weighted by Gasteiger charge is -2.20. The van der Waals surface area contributed by atoms with E-state index in [-0.39, 0.29) is 0 Å². The Morgan fingerprint density at radius 3 is 2.53 bits per heavy atom. The van der Waals surface area contributed by atoms with Crippen molar-refractivity contribution in [1.29, 1.82) is 0 Å². The molecular formula is C11H12ClFN2O4. The largest absolute Gasteiger partial charge is 0.478 e. The van der Waals surface area contributed by atoms with Crippen LogP contribution in [0.3, 0.4) is 0 Å². The van der Waals surface area contributed by atoms with E-state index in [2.05, 4.69) is 4.98 Å². The Kier molecular flexibility index (Phi) is 4.31. The Morgan fingerprint density at radius 2 is 2.05 bits per heavy atom. The van der Waals surface area contributed by atoms with Crippen LogP contribution in [0.15, 0.2) is 6.20 Å². The van der Waals surface area contributed by atoms with Crippen molar-refractivity contribution in [3.8, 4) is 0 Å². The summed E-state index contributed by atoms with van der Waals surface area (Å²) in [6.45, 7) is 4.84. The second-order valence-electron chi connectivity index (χ2n) is 4.58. The molecule has 8 heteroatoms. The van der Waals surface area contributed by atoms with Crippen LogP contribution in [0.2, 0.25) is 5.15 Å². The number of anilines is 1. The van der Waals surface area contributed by atoms with Gasteiger partial charge in [0, 0.05) is 6.20 Å². The van der Waals surface area contributed by atoms with Crippen molar-refractivity contribution in [3.05, 3.63) is 22.7 Å². The Hall–Kier alpha value is -1.89. The molecule has 0 aliphatic heterocycles. The lowest BCUT2D eigenvalue weighted by Crippen LogP contribution is -2.28. The number of carboxylic acid groups (broad SMARTS) is 1. The number of hydrogen-bond acceptors (Lipinski definition) is 4. The molecule has 104 valence electrons. The van der Waals surface area contributed by atoms with Crippen molar-refractivity contribution in [2.24, 2.45) is 0 Å². The maximum absolute atomic E-state index is 13.7. The normalized spacial score (nSPS) is 11.0. The fourth-order valence-corrected chi connectivity index (χ4v) is 1.30. The number of aromatic nitrogens is 1. The highest BCUT2D eigenvalue weighted by Crippen LogP contribution is 2.25.